The van der Waals surface area contributed by atoms with E-state index >= 15 is 0 Å². The molecule has 4 aromatic rings. The average Bonchev–Trinajstić information content (AvgIpc) is 3.24. The van der Waals surface area contributed by atoms with Gasteiger partial charge in [-0.15, -0.1) is 0 Å². The van der Waals surface area contributed by atoms with Crippen molar-refractivity contribution in [3.63, 3.8) is 0 Å². The van der Waals surface area contributed by atoms with Gasteiger partial charge in [-0.2, -0.15) is 14.7 Å². The zero-order chi connectivity index (χ0) is 20.5. The Morgan fingerprint density at radius 1 is 0.933 bits per heavy atom. The fourth-order valence-corrected chi connectivity index (χ4v) is 3.88. The molecule has 8 nitrogen and oxygen atoms in total. The summed E-state index contributed by atoms with van der Waals surface area (Å²) in [7, 11) is 0. The molecule has 0 aliphatic carbocycles. The Balaban J connectivity index is 1.34. The molecule has 1 aromatic carbocycles. The summed E-state index contributed by atoms with van der Waals surface area (Å²) in [5, 5.41) is 9.05. The normalized spacial score (nSPS) is 14.4. The molecule has 8 heteroatoms. The molecule has 0 radical (unpaired) electrons. The molecule has 4 heterocycles. The Hall–Kier alpha value is -3.68. The number of rotatable bonds is 4. The van der Waals surface area contributed by atoms with Crippen LogP contribution in [0.1, 0.15) is 11.3 Å². The summed E-state index contributed by atoms with van der Waals surface area (Å²) < 4.78 is 3.43. The summed E-state index contributed by atoms with van der Waals surface area (Å²) in [5.74, 6) is 1.89. The second-order valence-electron chi connectivity index (χ2n) is 7.50. The van der Waals surface area contributed by atoms with E-state index in [1.807, 2.05) is 53.9 Å². The lowest BCUT2D eigenvalue weighted by Crippen LogP contribution is -2.48. The van der Waals surface area contributed by atoms with Gasteiger partial charge < -0.3 is 9.80 Å². The van der Waals surface area contributed by atoms with E-state index in [0.717, 1.165) is 54.7 Å². The van der Waals surface area contributed by atoms with Crippen LogP contribution in [-0.4, -0.2) is 50.6 Å². The predicted octanol–water partition coefficient (Wildman–Crippen LogP) is 1.97. The third-order valence-corrected chi connectivity index (χ3v) is 5.42. The number of anilines is 2. The number of nitrogens with zero attached hydrogens (tertiary/aromatic N) is 7. The highest BCUT2D eigenvalue weighted by Gasteiger charge is 2.21. The van der Waals surface area contributed by atoms with Gasteiger partial charge in [0, 0.05) is 50.1 Å². The van der Waals surface area contributed by atoms with Gasteiger partial charge in [-0.1, -0.05) is 30.3 Å². The molecule has 1 fully saturated rings. The first-order chi connectivity index (χ1) is 14.7. The SMILES string of the molecule is Cc1cc(N2CCN(c3ccc(=O)n(Cc4ccccc4)n3)CC2)n2nccc2n1. The number of aromatic nitrogens is 5. The molecule has 0 saturated carbocycles. The molecule has 0 atom stereocenters. The molecule has 0 unspecified atom stereocenters. The summed E-state index contributed by atoms with van der Waals surface area (Å²) >= 11 is 0. The molecule has 0 spiro atoms. The van der Waals surface area contributed by atoms with Crippen LogP contribution in [0, 0.1) is 6.92 Å². The molecule has 1 aliphatic rings. The van der Waals surface area contributed by atoms with Crippen LogP contribution in [-0.2, 0) is 6.54 Å². The van der Waals surface area contributed by atoms with Gasteiger partial charge in [0.05, 0.1) is 12.7 Å². The van der Waals surface area contributed by atoms with Crippen LogP contribution in [0.5, 0.6) is 0 Å². The number of fused-ring (bicyclic) bond motifs is 1. The minimum atomic E-state index is -0.0884. The number of piperazine rings is 1. The number of hydrogen-bond donors (Lipinski definition) is 0. The average molecular weight is 401 g/mol. The van der Waals surface area contributed by atoms with E-state index < -0.39 is 0 Å². The van der Waals surface area contributed by atoms with Crippen LogP contribution in [0.15, 0.2) is 65.6 Å². The lowest BCUT2D eigenvalue weighted by Gasteiger charge is -2.36. The Kier molecular flexibility index (Phi) is 4.66. The highest BCUT2D eigenvalue weighted by atomic mass is 16.1. The lowest BCUT2D eigenvalue weighted by molar-refractivity contribution is 0.596. The predicted molar refractivity (Wildman–Crippen MR) is 116 cm³/mol. The van der Waals surface area contributed by atoms with Crippen LogP contribution in [0.25, 0.3) is 5.65 Å². The molecule has 0 amide bonds. The number of aryl methyl sites for hydroxylation is 1. The van der Waals surface area contributed by atoms with Crippen molar-refractivity contribution in [2.75, 3.05) is 36.0 Å². The molecule has 3 aromatic heterocycles. The largest absolute Gasteiger partial charge is 0.353 e. The standard InChI is InChI=1S/C22H23N7O/c1-17-15-21(29-19(24-17)9-10-23-29)27-13-11-26(12-14-27)20-7-8-22(30)28(25-20)16-18-5-3-2-4-6-18/h2-10,15H,11-14,16H2,1H3. The van der Waals surface area contributed by atoms with Crippen LogP contribution >= 0.6 is 0 Å². The van der Waals surface area contributed by atoms with Gasteiger partial charge in [-0.25, -0.2) is 9.67 Å². The third-order valence-electron chi connectivity index (χ3n) is 5.42. The summed E-state index contributed by atoms with van der Waals surface area (Å²) in [5.41, 5.74) is 2.82. The lowest BCUT2D eigenvalue weighted by atomic mass is 10.2. The second-order valence-corrected chi connectivity index (χ2v) is 7.50. The van der Waals surface area contributed by atoms with Crippen molar-refractivity contribution in [3.8, 4) is 0 Å². The van der Waals surface area contributed by atoms with Gasteiger partial charge in [0.15, 0.2) is 5.65 Å². The summed E-state index contributed by atoms with van der Waals surface area (Å²) in [6, 6.07) is 17.4. The highest BCUT2D eigenvalue weighted by Crippen LogP contribution is 2.20. The summed E-state index contributed by atoms with van der Waals surface area (Å²) in [4.78, 5) is 21.4. The van der Waals surface area contributed by atoms with E-state index in [4.69, 9.17) is 0 Å². The Morgan fingerprint density at radius 3 is 2.50 bits per heavy atom. The molecule has 0 bridgehead atoms. The molecule has 1 saturated heterocycles. The van der Waals surface area contributed by atoms with E-state index in [1.165, 1.54) is 4.68 Å². The minimum absolute atomic E-state index is 0.0884. The topological polar surface area (TPSA) is 71.6 Å². The van der Waals surface area contributed by atoms with Crippen LogP contribution in [0.4, 0.5) is 11.6 Å². The maximum atomic E-state index is 12.3. The van der Waals surface area contributed by atoms with Crippen molar-refractivity contribution in [2.24, 2.45) is 0 Å². The smallest absolute Gasteiger partial charge is 0.267 e. The highest BCUT2D eigenvalue weighted by molar-refractivity contribution is 5.52. The number of benzene rings is 1. The Morgan fingerprint density at radius 2 is 1.70 bits per heavy atom. The Bertz CT molecular complexity index is 1220. The van der Waals surface area contributed by atoms with E-state index in [2.05, 4.69) is 31.0 Å². The molecule has 30 heavy (non-hydrogen) atoms. The van der Waals surface area contributed by atoms with Gasteiger partial charge in [0.1, 0.15) is 11.6 Å². The monoisotopic (exact) mass is 401 g/mol. The third kappa shape index (κ3) is 3.52. The van der Waals surface area contributed by atoms with E-state index in [0.29, 0.717) is 6.54 Å². The van der Waals surface area contributed by atoms with Crippen LogP contribution < -0.4 is 15.4 Å². The quantitative estimate of drug-likeness (QED) is 0.521. The zero-order valence-electron chi connectivity index (χ0n) is 16.8. The molecule has 0 N–H and O–H groups in total. The maximum Gasteiger partial charge on any atom is 0.267 e. The summed E-state index contributed by atoms with van der Waals surface area (Å²) in [6.45, 7) is 5.81. The fourth-order valence-electron chi connectivity index (χ4n) is 3.88. The minimum Gasteiger partial charge on any atom is -0.353 e. The first-order valence-electron chi connectivity index (χ1n) is 10.1. The summed E-state index contributed by atoms with van der Waals surface area (Å²) in [6.07, 6.45) is 1.78. The molecule has 152 valence electrons. The van der Waals surface area contributed by atoms with Crippen molar-refractivity contribution in [1.29, 1.82) is 0 Å². The van der Waals surface area contributed by atoms with Crippen molar-refractivity contribution >= 4 is 17.3 Å². The van der Waals surface area contributed by atoms with Crippen LogP contribution in [0.2, 0.25) is 0 Å². The van der Waals surface area contributed by atoms with Gasteiger partial charge in [0.25, 0.3) is 5.56 Å². The van der Waals surface area contributed by atoms with Crippen LogP contribution in [0.3, 0.4) is 0 Å². The van der Waals surface area contributed by atoms with Crippen molar-refractivity contribution in [3.05, 3.63) is 82.4 Å². The van der Waals surface area contributed by atoms with Gasteiger partial charge in [-0.3, -0.25) is 4.79 Å². The molecule has 1 aliphatic heterocycles. The molecular formula is C22H23N7O. The first-order valence-corrected chi connectivity index (χ1v) is 10.1. The van der Waals surface area contributed by atoms with Crippen molar-refractivity contribution < 1.29 is 0 Å². The zero-order valence-corrected chi connectivity index (χ0v) is 16.8. The van der Waals surface area contributed by atoms with E-state index in [1.54, 1.807) is 12.3 Å². The van der Waals surface area contributed by atoms with Gasteiger partial charge in [-0.05, 0) is 18.6 Å². The van der Waals surface area contributed by atoms with Crippen molar-refractivity contribution in [1.82, 2.24) is 24.4 Å². The van der Waals surface area contributed by atoms with Gasteiger partial charge in [0.2, 0.25) is 0 Å². The van der Waals surface area contributed by atoms with E-state index in [9.17, 15) is 4.79 Å². The fraction of sp³-hybridized carbons (Fsp3) is 0.273. The second kappa shape index (κ2) is 7.62. The first kappa shape index (κ1) is 18.4. The maximum absolute atomic E-state index is 12.3. The molecule has 5 rings (SSSR count). The Labute approximate surface area is 174 Å². The van der Waals surface area contributed by atoms with Gasteiger partial charge >= 0.3 is 0 Å². The number of hydrogen-bond acceptors (Lipinski definition) is 6. The molecular weight excluding hydrogens is 378 g/mol. The van der Waals surface area contributed by atoms with E-state index in [-0.39, 0.29) is 5.56 Å². The van der Waals surface area contributed by atoms with Crippen molar-refractivity contribution in [2.45, 2.75) is 13.5 Å².